The summed E-state index contributed by atoms with van der Waals surface area (Å²) < 4.78 is 1.97. The van der Waals surface area contributed by atoms with Crippen molar-refractivity contribution >= 4 is 34.7 Å². The molecule has 4 aromatic rings. The molecule has 0 amide bonds. The molecule has 0 radical (unpaired) electrons. The SMILES string of the molecule is Cc1ccc(Nc2nc(Nc3ccn4ccnc4c3)cc(N3CCN(C)CC3)n2)nc1. The van der Waals surface area contributed by atoms with Crippen LogP contribution in [-0.2, 0) is 0 Å². The number of hydrogen-bond donors (Lipinski definition) is 2. The second-order valence-corrected chi connectivity index (χ2v) is 7.80. The third kappa shape index (κ3) is 4.41. The van der Waals surface area contributed by atoms with Gasteiger partial charge in [0.1, 0.15) is 23.1 Å². The van der Waals surface area contributed by atoms with E-state index in [1.165, 1.54) is 0 Å². The fourth-order valence-electron chi connectivity index (χ4n) is 3.54. The first-order chi connectivity index (χ1) is 15.1. The molecule has 158 valence electrons. The molecule has 2 N–H and O–H groups in total. The van der Waals surface area contributed by atoms with Gasteiger partial charge >= 0.3 is 0 Å². The first-order valence-electron chi connectivity index (χ1n) is 10.3. The molecule has 1 fully saturated rings. The molecule has 0 spiro atoms. The second kappa shape index (κ2) is 8.19. The number of rotatable bonds is 5. The summed E-state index contributed by atoms with van der Waals surface area (Å²) in [6.45, 7) is 5.88. The number of imidazole rings is 1. The number of anilines is 5. The van der Waals surface area contributed by atoms with E-state index in [0.29, 0.717) is 11.8 Å². The van der Waals surface area contributed by atoms with Crippen LogP contribution in [-0.4, -0.2) is 62.5 Å². The van der Waals surface area contributed by atoms with Gasteiger partial charge in [0.2, 0.25) is 5.95 Å². The van der Waals surface area contributed by atoms with Crippen LogP contribution in [0.5, 0.6) is 0 Å². The quantitative estimate of drug-likeness (QED) is 0.514. The van der Waals surface area contributed by atoms with Crippen molar-refractivity contribution in [3.63, 3.8) is 0 Å². The van der Waals surface area contributed by atoms with Crippen LogP contribution in [0.3, 0.4) is 0 Å². The molecule has 31 heavy (non-hydrogen) atoms. The van der Waals surface area contributed by atoms with Crippen molar-refractivity contribution in [2.24, 2.45) is 0 Å². The van der Waals surface area contributed by atoms with Gasteiger partial charge in [0.05, 0.1) is 0 Å². The lowest BCUT2D eigenvalue weighted by Crippen LogP contribution is -2.44. The molecule has 0 unspecified atom stereocenters. The van der Waals surface area contributed by atoms with Crippen molar-refractivity contribution in [2.75, 3.05) is 48.8 Å². The zero-order valence-electron chi connectivity index (χ0n) is 17.7. The highest BCUT2D eigenvalue weighted by Gasteiger charge is 2.17. The smallest absolute Gasteiger partial charge is 0.232 e. The predicted molar refractivity (Wildman–Crippen MR) is 122 cm³/mol. The van der Waals surface area contributed by atoms with Gasteiger partial charge in [-0.2, -0.15) is 9.97 Å². The average molecular weight is 416 g/mol. The monoisotopic (exact) mass is 415 g/mol. The highest BCUT2D eigenvalue weighted by molar-refractivity contribution is 5.65. The highest BCUT2D eigenvalue weighted by atomic mass is 15.3. The minimum Gasteiger partial charge on any atom is -0.354 e. The molecule has 9 heteroatoms. The van der Waals surface area contributed by atoms with Crippen LogP contribution < -0.4 is 15.5 Å². The lowest BCUT2D eigenvalue weighted by molar-refractivity contribution is 0.312. The van der Waals surface area contributed by atoms with Crippen LogP contribution in [0, 0.1) is 6.92 Å². The normalized spacial score (nSPS) is 14.7. The Bertz CT molecular complexity index is 1180. The van der Waals surface area contributed by atoms with Crippen molar-refractivity contribution in [3.05, 3.63) is 60.7 Å². The Morgan fingerprint density at radius 1 is 0.871 bits per heavy atom. The maximum absolute atomic E-state index is 4.77. The molecular formula is C22H25N9. The average Bonchev–Trinajstić information content (AvgIpc) is 3.24. The summed E-state index contributed by atoms with van der Waals surface area (Å²) in [6, 6.07) is 9.93. The van der Waals surface area contributed by atoms with E-state index in [1.54, 1.807) is 6.20 Å². The van der Waals surface area contributed by atoms with Crippen LogP contribution in [0.4, 0.5) is 29.1 Å². The van der Waals surface area contributed by atoms with Gasteiger partial charge in [-0.1, -0.05) is 6.07 Å². The number of aryl methyl sites for hydroxylation is 1. The maximum atomic E-state index is 4.77. The van der Waals surface area contributed by atoms with Crippen molar-refractivity contribution in [2.45, 2.75) is 6.92 Å². The summed E-state index contributed by atoms with van der Waals surface area (Å²) in [5, 5.41) is 6.65. The van der Waals surface area contributed by atoms with E-state index in [0.717, 1.165) is 54.7 Å². The van der Waals surface area contributed by atoms with Gasteiger partial charge in [-0.05, 0) is 31.7 Å². The second-order valence-electron chi connectivity index (χ2n) is 7.80. The van der Waals surface area contributed by atoms with Crippen LogP contribution in [0.1, 0.15) is 5.56 Å². The van der Waals surface area contributed by atoms with Crippen LogP contribution in [0.15, 0.2) is 55.1 Å². The van der Waals surface area contributed by atoms with Crippen LogP contribution in [0.25, 0.3) is 5.65 Å². The summed E-state index contributed by atoms with van der Waals surface area (Å²) in [4.78, 5) is 22.9. The Morgan fingerprint density at radius 3 is 2.55 bits per heavy atom. The molecule has 0 saturated carbocycles. The lowest BCUT2D eigenvalue weighted by Gasteiger charge is -2.33. The van der Waals surface area contributed by atoms with Crippen LogP contribution >= 0.6 is 0 Å². The largest absolute Gasteiger partial charge is 0.354 e. The number of nitrogens with one attached hydrogen (secondary N) is 2. The van der Waals surface area contributed by atoms with Crippen molar-refractivity contribution in [1.29, 1.82) is 0 Å². The molecule has 0 atom stereocenters. The number of pyridine rings is 2. The molecular weight excluding hydrogens is 390 g/mol. The molecule has 1 aliphatic heterocycles. The summed E-state index contributed by atoms with van der Waals surface area (Å²) in [5.74, 6) is 2.83. The zero-order chi connectivity index (χ0) is 21.2. The first-order valence-corrected chi connectivity index (χ1v) is 10.3. The van der Waals surface area contributed by atoms with Gasteiger partial charge in [-0.3, -0.25) is 0 Å². The third-order valence-electron chi connectivity index (χ3n) is 5.36. The Hall–Kier alpha value is -3.72. The van der Waals surface area contributed by atoms with Gasteiger partial charge < -0.3 is 24.8 Å². The lowest BCUT2D eigenvalue weighted by atomic mass is 10.3. The maximum Gasteiger partial charge on any atom is 0.232 e. The molecule has 0 aliphatic carbocycles. The minimum atomic E-state index is 0.511. The van der Waals surface area contributed by atoms with Crippen molar-refractivity contribution < 1.29 is 0 Å². The van der Waals surface area contributed by atoms with Crippen molar-refractivity contribution in [1.82, 2.24) is 29.2 Å². The summed E-state index contributed by atoms with van der Waals surface area (Å²) in [6.07, 6.45) is 7.51. The van der Waals surface area contributed by atoms with Crippen molar-refractivity contribution in [3.8, 4) is 0 Å². The zero-order valence-corrected chi connectivity index (χ0v) is 17.7. The van der Waals surface area contributed by atoms with Gasteiger partial charge in [0.15, 0.2) is 0 Å². The van der Waals surface area contributed by atoms with E-state index in [4.69, 9.17) is 4.98 Å². The Kier molecular flexibility index (Phi) is 5.09. The van der Waals surface area contributed by atoms with E-state index in [1.807, 2.05) is 60.2 Å². The fourth-order valence-corrected chi connectivity index (χ4v) is 3.54. The molecule has 4 aromatic heterocycles. The van der Waals surface area contributed by atoms with E-state index in [2.05, 4.69) is 42.4 Å². The Labute approximate surface area is 180 Å². The number of nitrogens with zero attached hydrogens (tertiary/aromatic N) is 7. The number of fused-ring (bicyclic) bond motifs is 1. The topological polar surface area (TPSA) is 86.5 Å². The molecule has 9 nitrogen and oxygen atoms in total. The van der Waals surface area contributed by atoms with Gasteiger partial charge in [-0.15, -0.1) is 0 Å². The van der Waals surface area contributed by atoms with E-state index >= 15 is 0 Å². The first kappa shape index (κ1) is 19.3. The molecule has 0 aromatic carbocycles. The highest BCUT2D eigenvalue weighted by Crippen LogP contribution is 2.24. The molecule has 1 aliphatic rings. The van der Waals surface area contributed by atoms with E-state index < -0.39 is 0 Å². The molecule has 1 saturated heterocycles. The molecule has 5 heterocycles. The van der Waals surface area contributed by atoms with E-state index in [9.17, 15) is 0 Å². The third-order valence-corrected chi connectivity index (χ3v) is 5.36. The van der Waals surface area contributed by atoms with Gasteiger partial charge in [0, 0.05) is 68.8 Å². The molecule has 5 rings (SSSR count). The Morgan fingerprint density at radius 2 is 1.74 bits per heavy atom. The van der Waals surface area contributed by atoms with Gasteiger partial charge in [0.25, 0.3) is 0 Å². The van der Waals surface area contributed by atoms with Crippen LogP contribution in [0.2, 0.25) is 0 Å². The number of aromatic nitrogens is 5. The predicted octanol–water partition coefficient (Wildman–Crippen LogP) is 3.07. The minimum absolute atomic E-state index is 0.511. The fraction of sp³-hybridized carbons (Fsp3) is 0.273. The summed E-state index contributed by atoms with van der Waals surface area (Å²) in [5.41, 5.74) is 2.90. The number of piperazine rings is 1. The number of likely N-dealkylation sites (N-methyl/N-ethyl adjacent to an activating group) is 1. The summed E-state index contributed by atoms with van der Waals surface area (Å²) >= 11 is 0. The van der Waals surface area contributed by atoms with Gasteiger partial charge in [-0.25, -0.2) is 9.97 Å². The van der Waals surface area contributed by atoms with E-state index in [-0.39, 0.29) is 0 Å². The molecule has 0 bridgehead atoms. The standard InChI is InChI=1S/C22H25N9/c1-16-3-4-18(24-15-16)26-22-27-19(14-21(28-22)31-11-9-29(2)10-12-31)25-17-5-7-30-8-6-23-20(30)13-17/h3-8,13-15H,9-12H2,1-2H3,(H2,24,25,26,27,28). The summed E-state index contributed by atoms with van der Waals surface area (Å²) in [7, 11) is 2.14. The number of hydrogen-bond acceptors (Lipinski definition) is 8. The Balaban J connectivity index is 1.46.